The molecule has 3 aromatic rings. The average molecular weight is 303 g/mol. The molecule has 1 aromatic heterocycles. The predicted octanol–water partition coefficient (Wildman–Crippen LogP) is 4.45. The molecular weight excluding hydrogens is 286 g/mol. The average Bonchev–Trinajstić information content (AvgIpc) is 2.62. The second-order valence-corrected chi connectivity index (χ2v) is 5.28. The summed E-state index contributed by atoms with van der Waals surface area (Å²) in [5.74, 6) is 0.653. The molecule has 0 N–H and O–H groups in total. The molecule has 2 aromatic carbocycles. The first-order chi connectivity index (χ1) is 11.3. The number of aromatic nitrogens is 1. The molecule has 0 unspecified atom stereocenters. The molecule has 0 fully saturated rings. The molecule has 0 amide bonds. The third kappa shape index (κ3) is 3.46. The van der Waals surface area contributed by atoms with Gasteiger partial charge in [0.25, 0.3) is 0 Å². The normalized spacial score (nSPS) is 10.3. The van der Waals surface area contributed by atoms with Gasteiger partial charge in [-0.25, -0.2) is 4.98 Å². The Morgan fingerprint density at radius 1 is 1.00 bits per heavy atom. The zero-order valence-corrected chi connectivity index (χ0v) is 12.9. The molecule has 3 heteroatoms. The fourth-order valence-corrected chi connectivity index (χ4v) is 2.48. The van der Waals surface area contributed by atoms with Gasteiger partial charge >= 0.3 is 0 Å². The summed E-state index contributed by atoms with van der Waals surface area (Å²) >= 11 is 0. The highest BCUT2D eigenvalue weighted by Gasteiger charge is 2.06. The van der Waals surface area contributed by atoms with Crippen LogP contribution in [0.1, 0.15) is 21.6 Å². The quantitative estimate of drug-likeness (QED) is 0.654. The Hall–Kier alpha value is -2.94. The van der Waals surface area contributed by atoms with Crippen LogP contribution >= 0.6 is 0 Å². The summed E-state index contributed by atoms with van der Waals surface area (Å²) in [5, 5.41) is 0. The molecular formula is C20H17NO2. The van der Waals surface area contributed by atoms with Crippen LogP contribution < -0.4 is 4.74 Å². The number of rotatable bonds is 5. The van der Waals surface area contributed by atoms with E-state index in [9.17, 15) is 4.79 Å². The first-order valence-electron chi connectivity index (χ1n) is 7.46. The number of hydrogen-bond acceptors (Lipinski definition) is 3. The van der Waals surface area contributed by atoms with Crippen LogP contribution in [0.15, 0.2) is 66.9 Å². The van der Waals surface area contributed by atoms with Crippen molar-refractivity contribution in [1.82, 2.24) is 4.98 Å². The predicted molar refractivity (Wildman–Crippen MR) is 90.6 cm³/mol. The van der Waals surface area contributed by atoms with Crippen molar-refractivity contribution in [1.29, 1.82) is 0 Å². The first-order valence-corrected chi connectivity index (χ1v) is 7.46. The van der Waals surface area contributed by atoms with E-state index in [4.69, 9.17) is 4.74 Å². The van der Waals surface area contributed by atoms with Crippen molar-refractivity contribution in [2.45, 2.75) is 13.5 Å². The molecule has 0 atom stereocenters. The largest absolute Gasteiger partial charge is 0.487 e. The number of hydrogen-bond donors (Lipinski definition) is 0. The highest BCUT2D eigenvalue weighted by Crippen LogP contribution is 2.26. The lowest BCUT2D eigenvalue weighted by Gasteiger charge is -2.12. The van der Waals surface area contributed by atoms with Crippen molar-refractivity contribution >= 4 is 6.29 Å². The molecule has 0 aliphatic carbocycles. The standard InChI is InChI=1S/C20H17NO2/c1-15-17(14-23-19-11-10-18(13-22)21-12-19)8-5-9-20(15)16-6-3-2-4-7-16/h2-13H,14H2,1H3. The van der Waals surface area contributed by atoms with Gasteiger partial charge < -0.3 is 4.74 Å². The molecule has 0 spiro atoms. The van der Waals surface area contributed by atoms with E-state index in [1.54, 1.807) is 18.3 Å². The smallest absolute Gasteiger partial charge is 0.168 e. The molecule has 1 heterocycles. The Morgan fingerprint density at radius 2 is 1.83 bits per heavy atom. The van der Waals surface area contributed by atoms with Gasteiger partial charge in [-0.15, -0.1) is 0 Å². The van der Waals surface area contributed by atoms with E-state index >= 15 is 0 Å². The molecule has 0 radical (unpaired) electrons. The molecule has 3 rings (SSSR count). The van der Waals surface area contributed by atoms with Crippen LogP contribution in [0.2, 0.25) is 0 Å². The van der Waals surface area contributed by atoms with Gasteiger partial charge in [-0.2, -0.15) is 0 Å². The van der Waals surface area contributed by atoms with Crippen LogP contribution in [0, 0.1) is 6.92 Å². The summed E-state index contributed by atoms with van der Waals surface area (Å²) in [6, 6.07) is 19.9. The van der Waals surface area contributed by atoms with Gasteiger partial charge in [0.05, 0.1) is 6.20 Å². The van der Waals surface area contributed by atoms with Crippen molar-refractivity contribution in [3.63, 3.8) is 0 Å². The lowest BCUT2D eigenvalue weighted by atomic mass is 9.97. The van der Waals surface area contributed by atoms with Crippen molar-refractivity contribution in [2.24, 2.45) is 0 Å². The molecule has 23 heavy (non-hydrogen) atoms. The maximum atomic E-state index is 10.6. The molecule has 114 valence electrons. The Morgan fingerprint density at radius 3 is 2.52 bits per heavy atom. The van der Waals surface area contributed by atoms with Crippen molar-refractivity contribution < 1.29 is 9.53 Å². The van der Waals surface area contributed by atoms with Crippen LogP contribution in [0.25, 0.3) is 11.1 Å². The monoisotopic (exact) mass is 303 g/mol. The highest BCUT2D eigenvalue weighted by molar-refractivity contribution is 5.71. The third-order valence-corrected chi connectivity index (χ3v) is 3.81. The first kappa shape index (κ1) is 15.0. The summed E-state index contributed by atoms with van der Waals surface area (Å²) in [6.45, 7) is 2.57. The van der Waals surface area contributed by atoms with Gasteiger partial charge in [-0.3, -0.25) is 4.79 Å². The number of aldehydes is 1. The van der Waals surface area contributed by atoms with E-state index in [1.165, 1.54) is 16.7 Å². The topological polar surface area (TPSA) is 39.2 Å². The number of nitrogens with zero attached hydrogens (tertiary/aromatic N) is 1. The third-order valence-electron chi connectivity index (χ3n) is 3.81. The van der Waals surface area contributed by atoms with E-state index in [0.717, 1.165) is 11.8 Å². The van der Waals surface area contributed by atoms with Gasteiger partial charge in [-0.05, 0) is 41.3 Å². The van der Waals surface area contributed by atoms with Crippen LogP contribution in [-0.2, 0) is 6.61 Å². The number of carbonyl (C=O) groups is 1. The summed E-state index contributed by atoms with van der Waals surface area (Å²) in [6.07, 6.45) is 2.29. The molecule has 0 saturated heterocycles. The lowest BCUT2D eigenvalue weighted by molar-refractivity contribution is 0.111. The highest BCUT2D eigenvalue weighted by atomic mass is 16.5. The minimum Gasteiger partial charge on any atom is -0.487 e. The van der Waals surface area contributed by atoms with Gasteiger partial charge in [0.1, 0.15) is 18.1 Å². The minimum atomic E-state index is 0.402. The van der Waals surface area contributed by atoms with Gasteiger partial charge in [0.15, 0.2) is 6.29 Å². The Labute approximate surface area is 135 Å². The van der Waals surface area contributed by atoms with E-state index in [0.29, 0.717) is 18.1 Å². The molecule has 0 aliphatic rings. The zero-order chi connectivity index (χ0) is 16.1. The van der Waals surface area contributed by atoms with Crippen LogP contribution in [-0.4, -0.2) is 11.3 Å². The van der Waals surface area contributed by atoms with Crippen LogP contribution in [0.3, 0.4) is 0 Å². The second kappa shape index (κ2) is 6.88. The van der Waals surface area contributed by atoms with Crippen LogP contribution in [0.4, 0.5) is 0 Å². The summed E-state index contributed by atoms with van der Waals surface area (Å²) in [4.78, 5) is 14.6. The van der Waals surface area contributed by atoms with E-state index < -0.39 is 0 Å². The molecule has 0 aliphatic heterocycles. The van der Waals surface area contributed by atoms with E-state index in [2.05, 4.69) is 36.2 Å². The minimum absolute atomic E-state index is 0.402. The van der Waals surface area contributed by atoms with Gasteiger partial charge in [-0.1, -0.05) is 48.5 Å². The van der Waals surface area contributed by atoms with E-state index in [-0.39, 0.29) is 0 Å². The Balaban J connectivity index is 1.79. The number of benzene rings is 2. The Kier molecular flexibility index (Phi) is 4.48. The number of carbonyl (C=O) groups excluding carboxylic acids is 1. The fourth-order valence-electron chi connectivity index (χ4n) is 2.48. The summed E-state index contributed by atoms with van der Waals surface area (Å²) in [7, 11) is 0. The number of ether oxygens (including phenoxy) is 1. The molecule has 3 nitrogen and oxygen atoms in total. The van der Waals surface area contributed by atoms with Crippen LogP contribution in [0.5, 0.6) is 5.75 Å². The fraction of sp³-hybridized carbons (Fsp3) is 0.100. The zero-order valence-electron chi connectivity index (χ0n) is 12.9. The Bertz CT molecular complexity index is 796. The van der Waals surface area contributed by atoms with Gasteiger partial charge in [0, 0.05) is 0 Å². The SMILES string of the molecule is Cc1c(COc2ccc(C=O)nc2)cccc1-c1ccccc1. The maximum absolute atomic E-state index is 10.6. The summed E-state index contributed by atoms with van der Waals surface area (Å²) < 4.78 is 5.78. The van der Waals surface area contributed by atoms with Gasteiger partial charge in [0.2, 0.25) is 0 Å². The van der Waals surface area contributed by atoms with Crippen molar-refractivity contribution in [3.8, 4) is 16.9 Å². The van der Waals surface area contributed by atoms with E-state index in [1.807, 2.05) is 24.3 Å². The molecule has 0 bridgehead atoms. The van der Waals surface area contributed by atoms with Crippen molar-refractivity contribution in [2.75, 3.05) is 0 Å². The lowest BCUT2D eigenvalue weighted by Crippen LogP contribution is -2.00. The number of pyridine rings is 1. The molecule has 0 saturated carbocycles. The maximum Gasteiger partial charge on any atom is 0.168 e. The second-order valence-electron chi connectivity index (χ2n) is 5.28. The van der Waals surface area contributed by atoms with Crippen molar-refractivity contribution in [3.05, 3.63) is 83.7 Å². The summed E-state index contributed by atoms with van der Waals surface area (Å²) in [5.41, 5.74) is 5.14.